The number of amides is 3. The van der Waals surface area contributed by atoms with Gasteiger partial charge in [0.05, 0.1) is 76.1 Å². The van der Waals surface area contributed by atoms with Crippen molar-refractivity contribution in [2.45, 2.75) is 13.1 Å². The molecule has 17 heteroatoms. The Hall–Kier alpha value is -5.19. The smallest absolute Gasteiger partial charge is 0.291 e. The number of piperazine rings is 1. The predicted molar refractivity (Wildman–Crippen MR) is 186 cm³/mol. The van der Waals surface area contributed by atoms with Crippen molar-refractivity contribution < 1.29 is 41.9 Å². The largest absolute Gasteiger partial charge is 0.494 e. The number of rotatable bonds is 9. The van der Waals surface area contributed by atoms with Gasteiger partial charge in [-0.3, -0.25) is 19.1 Å². The molecule has 2 N–H and O–H groups in total. The van der Waals surface area contributed by atoms with Gasteiger partial charge in [0.15, 0.2) is 17.4 Å². The van der Waals surface area contributed by atoms with Crippen molar-refractivity contribution in [3.63, 3.8) is 0 Å². The second-order valence-electron chi connectivity index (χ2n) is 12.0. The molecule has 0 spiro atoms. The Labute approximate surface area is 299 Å². The fraction of sp³-hybridized carbons (Fsp3) is 0.353. The molecule has 0 unspecified atom stereocenters. The summed E-state index contributed by atoms with van der Waals surface area (Å²) in [4.78, 5) is 52.4. The second-order valence-corrected chi connectivity index (χ2v) is 12.4. The summed E-state index contributed by atoms with van der Waals surface area (Å²) in [6, 6.07) is 7.01. The maximum absolute atomic E-state index is 14.6. The van der Waals surface area contributed by atoms with E-state index in [0.29, 0.717) is 24.3 Å². The molecule has 2 aromatic carbocycles. The molecule has 0 bridgehead atoms. The molecule has 0 saturated carbocycles. The Morgan fingerprint density at radius 1 is 1.00 bits per heavy atom. The monoisotopic (exact) mass is 731 g/mol. The average Bonchev–Trinajstić information content (AvgIpc) is 3.72. The van der Waals surface area contributed by atoms with Crippen molar-refractivity contribution in [1.82, 2.24) is 29.5 Å². The number of anilines is 1. The number of carbonyl (C=O) groups is 4. The number of hydrogen-bond acceptors (Lipinski definition) is 8. The topological polar surface area (TPSA) is 150 Å². The molecule has 14 nitrogen and oxygen atoms in total. The van der Waals surface area contributed by atoms with E-state index >= 15 is 0 Å². The molecular weight excluding hydrogens is 690 g/mol. The summed E-state index contributed by atoms with van der Waals surface area (Å²) < 4.78 is 41.7. The van der Waals surface area contributed by atoms with Crippen LogP contribution in [0.5, 0.6) is 5.75 Å². The van der Waals surface area contributed by atoms with Crippen LogP contribution in [-0.2, 0) is 34.5 Å². The van der Waals surface area contributed by atoms with E-state index < -0.39 is 23.4 Å². The lowest BCUT2D eigenvalue weighted by molar-refractivity contribution is -0.894. The van der Waals surface area contributed by atoms with Gasteiger partial charge in [0.2, 0.25) is 11.7 Å². The minimum absolute atomic E-state index is 0.00206. The van der Waals surface area contributed by atoms with Crippen molar-refractivity contribution in [2.24, 2.45) is 7.05 Å². The van der Waals surface area contributed by atoms with E-state index in [0.717, 1.165) is 17.6 Å². The van der Waals surface area contributed by atoms with Gasteiger partial charge in [0.25, 0.3) is 11.8 Å². The summed E-state index contributed by atoms with van der Waals surface area (Å²) in [6.45, 7) is 5.50. The first kappa shape index (κ1) is 40.2. The maximum atomic E-state index is 14.6. The van der Waals surface area contributed by atoms with Crippen LogP contribution in [-0.4, -0.2) is 115 Å². The molecule has 0 radical (unpaired) electrons. The third-order valence-corrected chi connectivity index (χ3v) is 8.26. The summed E-state index contributed by atoms with van der Waals surface area (Å²) in [5, 5.41) is 9.78. The Bertz CT molecular complexity index is 1840. The fourth-order valence-corrected chi connectivity index (χ4v) is 5.34. The van der Waals surface area contributed by atoms with Crippen LogP contribution in [0.15, 0.2) is 48.9 Å². The molecule has 2 aromatic heterocycles. The molecule has 3 heterocycles. The third kappa shape index (κ3) is 10.2. The van der Waals surface area contributed by atoms with E-state index in [-0.39, 0.29) is 52.4 Å². The summed E-state index contributed by atoms with van der Waals surface area (Å²) in [5.74, 6) is -3.66. The van der Waals surface area contributed by atoms with E-state index in [1.807, 2.05) is 11.7 Å². The molecule has 3 amide bonds. The van der Waals surface area contributed by atoms with Gasteiger partial charge >= 0.3 is 0 Å². The fourth-order valence-electron chi connectivity index (χ4n) is 5.08. The standard InChI is InChI=1S/C31H33ClF2N8O4.C2H6O.CH2O/c1-39-24(22-7-8-25(46-4)28(34)27(22)33)16-35-29(39)31(45)38-20-5-6-21(23(32)13-20)30(44)36-14-19-15-37-41(17-19)18-26(43)40-9-11-42(2,3)12-10-40;1-3-2;1-2/h5-8,13,15-17H,9-12,14,18H2,1-4H3,(H-,36,38,44,45);1-2H3;1H2/p+1. The first-order chi connectivity index (χ1) is 24.3. The quantitative estimate of drug-likeness (QED) is 0.249. The highest BCUT2D eigenvalue weighted by atomic mass is 35.5. The summed E-state index contributed by atoms with van der Waals surface area (Å²) in [7, 11) is 10.3. The van der Waals surface area contributed by atoms with Gasteiger partial charge in [-0.2, -0.15) is 9.49 Å². The third-order valence-electron chi connectivity index (χ3n) is 7.95. The molecule has 0 atom stereocenters. The first-order valence-corrected chi connectivity index (χ1v) is 15.9. The van der Waals surface area contributed by atoms with Crippen molar-refractivity contribution >= 4 is 41.8 Å². The number of halogens is 3. The lowest BCUT2D eigenvalue weighted by Crippen LogP contribution is -2.56. The lowest BCUT2D eigenvalue weighted by Gasteiger charge is -2.39. The summed E-state index contributed by atoms with van der Waals surface area (Å²) in [6.07, 6.45) is 4.56. The van der Waals surface area contributed by atoms with Crippen LogP contribution < -0.4 is 15.4 Å². The number of benzene rings is 2. The van der Waals surface area contributed by atoms with Crippen molar-refractivity contribution in [3.05, 3.63) is 82.5 Å². The number of nitrogens with one attached hydrogen (secondary N) is 2. The number of aromatic nitrogens is 4. The molecule has 1 saturated heterocycles. The molecule has 51 heavy (non-hydrogen) atoms. The van der Waals surface area contributed by atoms with Gasteiger partial charge in [0, 0.05) is 50.8 Å². The number of nitrogens with zero attached hydrogens (tertiary/aromatic N) is 6. The molecule has 5 rings (SSSR count). The minimum Gasteiger partial charge on any atom is -0.494 e. The number of quaternary nitrogens is 1. The van der Waals surface area contributed by atoms with E-state index in [9.17, 15) is 23.2 Å². The minimum atomic E-state index is -1.15. The molecule has 4 aromatic rings. The zero-order valence-electron chi connectivity index (χ0n) is 29.3. The van der Waals surface area contributed by atoms with Crippen LogP contribution >= 0.6 is 11.6 Å². The van der Waals surface area contributed by atoms with Crippen LogP contribution in [0.3, 0.4) is 0 Å². The summed E-state index contributed by atoms with van der Waals surface area (Å²) in [5.41, 5.74) is 1.28. The molecule has 0 aliphatic carbocycles. The van der Waals surface area contributed by atoms with Crippen LogP contribution in [0.2, 0.25) is 5.02 Å². The normalized spacial score (nSPS) is 13.2. The van der Waals surface area contributed by atoms with E-state index in [4.69, 9.17) is 21.1 Å². The SMILES string of the molecule is C=O.COC.COc1ccc(-c2cnc(C(=O)Nc3ccc(C(=O)NCc4cnn(CC(=O)N5CC[N+](C)(C)CC5)c4)c(Cl)c3)n2C)c(F)c1F. The van der Waals surface area contributed by atoms with E-state index in [1.54, 1.807) is 31.3 Å². The van der Waals surface area contributed by atoms with E-state index in [1.165, 1.54) is 55.3 Å². The second kappa shape index (κ2) is 18.2. The molecular formula is C34H42ClF2N8O6+. The van der Waals surface area contributed by atoms with Crippen LogP contribution in [0.1, 0.15) is 26.5 Å². The molecule has 1 fully saturated rings. The van der Waals surface area contributed by atoms with Gasteiger partial charge in [-0.05, 0) is 30.3 Å². The van der Waals surface area contributed by atoms with Crippen LogP contribution in [0, 0.1) is 11.6 Å². The highest BCUT2D eigenvalue weighted by molar-refractivity contribution is 6.34. The summed E-state index contributed by atoms with van der Waals surface area (Å²) >= 11 is 6.38. The average molecular weight is 732 g/mol. The Kier molecular flexibility index (Phi) is 14.3. The highest BCUT2D eigenvalue weighted by Gasteiger charge is 2.27. The first-order valence-electron chi connectivity index (χ1n) is 15.5. The molecule has 1 aliphatic heterocycles. The zero-order chi connectivity index (χ0) is 37.9. The molecule has 274 valence electrons. The number of carbonyl (C=O) groups excluding carboxylic acids is 4. The zero-order valence-corrected chi connectivity index (χ0v) is 30.1. The number of methoxy groups -OCH3 is 2. The van der Waals surface area contributed by atoms with Gasteiger partial charge in [-0.25, -0.2) is 9.37 Å². The predicted octanol–water partition coefficient (Wildman–Crippen LogP) is 3.40. The van der Waals surface area contributed by atoms with Crippen LogP contribution in [0.25, 0.3) is 11.3 Å². The Balaban J connectivity index is 0.00000133. The molecule has 1 aliphatic rings. The van der Waals surface area contributed by atoms with Crippen LogP contribution in [0.4, 0.5) is 14.5 Å². The number of hydrogen-bond donors (Lipinski definition) is 2. The van der Waals surface area contributed by atoms with Crippen molar-refractivity contribution in [3.8, 4) is 17.0 Å². The van der Waals surface area contributed by atoms with E-state index in [2.05, 4.69) is 39.5 Å². The van der Waals surface area contributed by atoms with Gasteiger partial charge in [-0.15, -0.1) is 0 Å². The Morgan fingerprint density at radius 3 is 2.29 bits per heavy atom. The number of imidazole rings is 1. The highest BCUT2D eigenvalue weighted by Crippen LogP contribution is 2.30. The van der Waals surface area contributed by atoms with Crippen molar-refractivity contribution in [2.75, 3.05) is 66.9 Å². The lowest BCUT2D eigenvalue weighted by atomic mass is 10.1. The van der Waals surface area contributed by atoms with Gasteiger partial charge in [-0.1, -0.05) is 11.6 Å². The van der Waals surface area contributed by atoms with Gasteiger partial charge in [0.1, 0.15) is 13.3 Å². The maximum Gasteiger partial charge on any atom is 0.291 e. The number of likely N-dealkylation sites (N-methyl/N-ethyl adjacent to an activating group) is 1. The number of ether oxygens (including phenoxy) is 2. The Morgan fingerprint density at radius 2 is 1.67 bits per heavy atom. The van der Waals surface area contributed by atoms with Gasteiger partial charge < -0.3 is 38.9 Å². The van der Waals surface area contributed by atoms with Crippen molar-refractivity contribution in [1.29, 1.82) is 0 Å².